The average Bonchev–Trinajstić information content (AvgIpc) is 2.74. The minimum absolute atomic E-state index is 0.0607. The van der Waals surface area contributed by atoms with Crippen LogP contribution in [-0.4, -0.2) is 20.9 Å². The van der Waals surface area contributed by atoms with Gasteiger partial charge in [-0.3, -0.25) is 20.0 Å². The lowest BCUT2D eigenvalue weighted by atomic mass is 10.2. The summed E-state index contributed by atoms with van der Waals surface area (Å²) in [5.74, 6) is -0.427. The molecule has 0 aromatic heterocycles. The SMILES string of the molecule is CCN(c1ccccc1)S(=O)(=O)c1cccc(C(=O)NNc2ccccc2)c1. The highest BCUT2D eigenvalue weighted by Gasteiger charge is 2.24. The third kappa shape index (κ3) is 4.32. The molecule has 0 radical (unpaired) electrons. The number of benzene rings is 3. The number of rotatable bonds is 7. The van der Waals surface area contributed by atoms with Gasteiger partial charge in [-0.25, -0.2) is 8.42 Å². The first kappa shape index (κ1) is 19.4. The first-order valence-electron chi connectivity index (χ1n) is 8.81. The Balaban J connectivity index is 1.82. The standard InChI is InChI=1S/C21H21N3O3S/c1-2-24(19-13-7-4-8-14-19)28(26,27)20-15-9-10-17(16-20)21(25)23-22-18-11-5-3-6-12-18/h3-16,22H,2H2,1H3,(H,23,25). The molecular weight excluding hydrogens is 374 g/mol. The van der Waals surface area contributed by atoms with Crippen LogP contribution >= 0.6 is 0 Å². The van der Waals surface area contributed by atoms with Crippen LogP contribution in [0, 0.1) is 0 Å². The highest BCUT2D eigenvalue weighted by atomic mass is 32.2. The maximum Gasteiger partial charge on any atom is 0.269 e. The highest BCUT2D eigenvalue weighted by molar-refractivity contribution is 7.92. The highest BCUT2D eigenvalue weighted by Crippen LogP contribution is 2.23. The number of nitrogens with zero attached hydrogens (tertiary/aromatic N) is 1. The Morgan fingerprint density at radius 2 is 1.54 bits per heavy atom. The molecular formula is C21H21N3O3S. The van der Waals surface area contributed by atoms with E-state index in [-0.39, 0.29) is 17.0 Å². The molecule has 3 aromatic rings. The molecule has 1 amide bonds. The molecule has 0 aliphatic heterocycles. The van der Waals surface area contributed by atoms with Crippen LogP contribution in [0.2, 0.25) is 0 Å². The lowest BCUT2D eigenvalue weighted by Gasteiger charge is -2.23. The fraction of sp³-hybridized carbons (Fsp3) is 0.0952. The summed E-state index contributed by atoms with van der Waals surface area (Å²) >= 11 is 0. The Bertz CT molecular complexity index is 1040. The van der Waals surface area contributed by atoms with E-state index in [2.05, 4.69) is 10.9 Å². The van der Waals surface area contributed by atoms with E-state index in [0.717, 1.165) is 5.69 Å². The van der Waals surface area contributed by atoms with Crippen molar-refractivity contribution < 1.29 is 13.2 Å². The van der Waals surface area contributed by atoms with Gasteiger partial charge in [-0.05, 0) is 49.4 Å². The summed E-state index contributed by atoms with van der Waals surface area (Å²) in [4.78, 5) is 12.5. The summed E-state index contributed by atoms with van der Waals surface area (Å²) in [6.45, 7) is 2.04. The summed E-state index contributed by atoms with van der Waals surface area (Å²) in [6.07, 6.45) is 0. The zero-order valence-electron chi connectivity index (χ0n) is 15.4. The lowest BCUT2D eigenvalue weighted by Crippen LogP contribution is -2.32. The monoisotopic (exact) mass is 395 g/mol. The Morgan fingerprint density at radius 1 is 0.893 bits per heavy atom. The number of hydrogen-bond donors (Lipinski definition) is 2. The molecule has 0 aliphatic rings. The summed E-state index contributed by atoms with van der Waals surface area (Å²) in [5, 5.41) is 0. The van der Waals surface area contributed by atoms with Gasteiger partial charge in [0.05, 0.1) is 16.3 Å². The molecule has 0 heterocycles. The zero-order chi connectivity index (χ0) is 20.0. The van der Waals surface area contributed by atoms with Crippen LogP contribution in [0.4, 0.5) is 11.4 Å². The van der Waals surface area contributed by atoms with Gasteiger partial charge in [0, 0.05) is 12.1 Å². The Kier molecular flexibility index (Phi) is 5.96. The molecule has 7 heteroatoms. The normalized spacial score (nSPS) is 10.9. The van der Waals surface area contributed by atoms with Gasteiger partial charge < -0.3 is 0 Å². The van der Waals surface area contributed by atoms with E-state index >= 15 is 0 Å². The molecule has 3 aromatic carbocycles. The molecule has 144 valence electrons. The molecule has 3 rings (SSSR count). The summed E-state index contributed by atoms with van der Waals surface area (Å²) in [7, 11) is -3.79. The van der Waals surface area contributed by atoms with Crippen LogP contribution in [0.3, 0.4) is 0 Å². The quantitative estimate of drug-likeness (QED) is 0.599. The molecule has 0 spiro atoms. The molecule has 0 atom stereocenters. The first-order valence-corrected chi connectivity index (χ1v) is 10.3. The maximum absolute atomic E-state index is 13.1. The molecule has 0 unspecified atom stereocenters. The Morgan fingerprint density at radius 3 is 2.18 bits per heavy atom. The number of carbonyl (C=O) groups is 1. The van der Waals surface area contributed by atoms with E-state index in [0.29, 0.717) is 5.69 Å². The van der Waals surface area contributed by atoms with E-state index in [1.807, 2.05) is 24.3 Å². The summed E-state index contributed by atoms with van der Waals surface area (Å²) < 4.78 is 27.5. The molecule has 0 fully saturated rings. The largest absolute Gasteiger partial charge is 0.298 e. The van der Waals surface area contributed by atoms with Crippen molar-refractivity contribution in [1.29, 1.82) is 0 Å². The van der Waals surface area contributed by atoms with Crippen LogP contribution in [0.15, 0.2) is 89.8 Å². The van der Waals surface area contributed by atoms with Crippen molar-refractivity contribution >= 4 is 27.3 Å². The topological polar surface area (TPSA) is 78.5 Å². The second-order valence-corrected chi connectivity index (χ2v) is 7.84. The summed E-state index contributed by atoms with van der Waals surface area (Å²) in [6, 6.07) is 24.0. The second kappa shape index (κ2) is 8.58. The van der Waals surface area contributed by atoms with Crippen LogP contribution < -0.4 is 15.2 Å². The van der Waals surface area contributed by atoms with Gasteiger partial charge in [-0.2, -0.15) is 0 Å². The minimum Gasteiger partial charge on any atom is -0.298 e. The van der Waals surface area contributed by atoms with Gasteiger partial charge >= 0.3 is 0 Å². The molecule has 0 aliphatic carbocycles. The van der Waals surface area contributed by atoms with E-state index in [1.54, 1.807) is 55.5 Å². The fourth-order valence-corrected chi connectivity index (χ4v) is 4.25. The molecule has 2 N–H and O–H groups in total. The van der Waals surface area contributed by atoms with E-state index in [4.69, 9.17) is 0 Å². The Labute approximate surface area is 164 Å². The minimum atomic E-state index is -3.79. The number of sulfonamides is 1. The van der Waals surface area contributed by atoms with Crippen molar-refractivity contribution in [3.05, 3.63) is 90.5 Å². The molecule has 28 heavy (non-hydrogen) atoms. The Hall–Kier alpha value is -3.32. The number of hydrogen-bond acceptors (Lipinski definition) is 4. The van der Waals surface area contributed by atoms with E-state index in [9.17, 15) is 13.2 Å². The van der Waals surface area contributed by atoms with Crippen LogP contribution in [0.1, 0.15) is 17.3 Å². The number of nitrogens with one attached hydrogen (secondary N) is 2. The molecule has 6 nitrogen and oxygen atoms in total. The van der Waals surface area contributed by atoms with Crippen molar-refractivity contribution in [2.24, 2.45) is 0 Å². The fourth-order valence-electron chi connectivity index (χ4n) is 2.73. The number of hydrazine groups is 1. The van der Waals surface area contributed by atoms with Crippen molar-refractivity contribution in [3.8, 4) is 0 Å². The van der Waals surface area contributed by atoms with Gasteiger partial charge in [0.2, 0.25) is 0 Å². The van der Waals surface area contributed by atoms with E-state index < -0.39 is 15.9 Å². The predicted molar refractivity (Wildman–Crippen MR) is 111 cm³/mol. The van der Waals surface area contributed by atoms with Gasteiger partial charge in [0.1, 0.15) is 0 Å². The van der Waals surface area contributed by atoms with Crippen molar-refractivity contribution in [3.63, 3.8) is 0 Å². The van der Waals surface area contributed by atoms with Crippen molar-refractivity contribution in [2.45, 2.75) is 11.8 Å². The zero-order valence-corrected chi connectivity index (χ0v) is 16.2. The molecule has 0 bridgehead atoms. The third-order valence-corrected chi connectivity index (χ3v) is 6.01. The van der Waals surface area contributed by atoms with Crippen LogP contribution in [0.25, 0.3) is 0 Å². The smallest absolute Gasteiger partial charge is 0.269 e. The first-order chi connectivity index (χ1) is 13.5. The van der Waals surface area contributed by atoms with E-state index in [1.165, 1.54) is 16.4 Å². The summed E-state index contributed by atoms with van der Waals surface area (Å²) in [5.41, 5.74) is 6.91. The number of amides is 1. The second-order valence-electron chi connectivity index (χ2n) is 5.98. The maximum atomic E-state index is 13.1. The van der Waals surface area contributed by atoms with Gasteiger partial charge in [-0.15, -0.1) is 0 Å². The number of para-hydroxylation sites is 2. The van der Waals surface area contributed by atoms with Crippen LogP contribution in [0.5, 0.6) is 0 Å². The lowest BCUT2D eigenvalue weighted by molar-refractivity contribution is 0.0962. The van der Waals surface area contributed by atoms with Crippen molar-refractivity contribution in [1.82, 2.24) is 5.43 Å². The van der Waals surface area contributed by atoms with Crippen LogP contribution in [-0.2, 0) is 10.0 Å². The third-order valence-electron chi connectivity index (χ3n) is 4.11. The predicted octanol–water partition coefficient (Wildman–Crippen LogP) is 3.66. The van der Waals surface area contributed by atoms with Crippen molar-refractivity contribution in [2.75, 3.05) is 16.3 Å². The van der Waals surface area contributed by atoms with Gasteiger partial charge in [-0.1, -0.05) is 42.5 Å². The number of anilines is 2. The van der Waals surface area contributed by atoms with Gasteiger partial charge in [0.15, 0.2) is 0 Å². The molecule has 0 saturated carbocycles. The average molecular weight is 395 g/mol. The number of carbonyl (C=O) groups excluding carboxylic acids is 1. The van der Waals surface area contributed by atoms with Gasteiger partial charge in [0.25, 0.3) is 15.9 Å². The molecule has 0 saturated heterocycles.